The van der Waals surface area contributed by atoms with E-state index in [1.54, 1.807) is 25.2 Å². The minimum atomic E-state index is -3.76. The van der Waals surface area contributed by atoms with E-state index in [1.807, 2.05) is 0 Å². The second kappa shape index (κ2) is 7.65. The molecule has 1 N–H and O–H groups in total. The molecule has 1 aliphatic rings. The van der Waals surface area contributed by atoms with Crippen LogP contribution in [-0.2, 0) is 14.8 Å². The maximum atomic E-state index is 12.3. The molecule has 0 saturated heterocycles. The minimum Gasteiger partial charge on any atom is -0.349 e. The van der Waals surface area contributed by atoms with Gasteiger partial charge in [0, 0.05) is 23.2 Å². The Bertz CT molecular complexity index is 993. The predicted octanol–water partition coefficient (Wildman–Crippen LogP) is 3.02. The van der Waals surface area contributed by atoms with Crippen LogP contribution in [-0.4, -0.2) is 44.4 Å². The molecular weight excluding hydrogens is 396 g/mol. The Balaban J connectivity index is 1.66. The van der Waals surface area contributed by atoms with Gasteiger partial charge in [0.05, 0.1) is 6.54 Å². The first kappa shape index (κ1) is 19.3. The number of hydrogen-bond donors (Lipinski definition) is 1. The number of benzene rings is 2. The summed E-state index contributed by atoms with van der Waals surface area (Å²) >= 11 is 0.420. The molecular formula is C17H15F2N3O3S2. The number of thioether (sulfide) groups is 1. The van der Waals surface area contributed by atoms with Gasteiger partial charge in [-0.2, -0.15) is 17.2 Å². The lowest BCUT2D eigenvalue weighted by atomic mass is 10.2. The van der Waals surface area contributed by atoms with Crippen LogP contribution in [0.2, 0.25) is 0 Å². The van der Waals surface area contributed by atoms with E-state index in [2.05, 4.69) is 9.71 Å². The van der Waals surface area contributed by atoms with E-state index in [4.69, 9.17) is 0 Å². The van der Waals surface area contributed by atoms with Gasteiger partial charge < -0.3 is 10.2 Å². The van der Waals surface area contributed by atoms with E-state index in [9.17, 15) is 22.0 Å². The summed E-state index contributed by atoms with van der Waals surface area (Å²) in [6.45, 7) is -0.129. The molecule has 0 atom stereocenters. The number of carbonyl (C=O) groups is 1. The van der Waals surface area contributed by atoms with Crippen LogP contribution in [0.3, 0.4) is 0 Å². The Labute approximate surface area is 159 Å². The monoisotopic (exact) mass is 411 g/mol. The Kier molecular flexibility index (Phi) is 5.47. The number of fused-ring (bicyclic) bond motifs is 1. The van der Waals surface area contributed by atoms with E-state index in [0.717, 1.165) is 0 Å². The van der Waals surface area contributed by atoms with Crippen molar-refractivity contribution in [3.05, 3.63) is 54.1 Å². The van der Waals surface area contributed by atoms with E-state index >= 15 is 0 Å². The first-order valence-electron chi connectivity index (χ1n) is 7.76. The second-order valence-corrected chi connectivity index (χ2v) is 8.33. The molecule has 0 aliphatic carbocycles. The molecule has 6 nitrogen and oxygen atoms in total. The summed E-state index contributed by atoms with van der Waals surface area (Å²) in [5.41, 5.74) is 0.898. The Morgan fingerprint density at radius 2 is 1.85 bits per heavy atom. The SMILES string of the molecule is CN(CC(=O)Nc1ccc(SC(F)F)cc1)C1=NS(=O)(=O)c2ccccc21. The number of nitrogens with one attached hydrogen (secondary N) is 1. The Morgan fingerprint density at radius 1 is 1.19 bits per heavy atom. The zero-order valence-corrected chi connectivity index (χ0v) is 15.7. The summed E-state index contributed by atoms with van der Waals surface area (Å²) < 4.78 is 52.5. The number of amides is 1. The third-order valence-corrected chi connectivity index (χ3v) is 5.77. The van der Waals surface area contributed by atoms with Gasteiger partial charge in [0.2, 0.25) is 5.91 Å². The zero-order chi connectivity index (χ0) is 19.6. The van der Waals surface area contributed by atoms with Crippen molar-refractivity contribution in [2.24, 2.45) is 4.40 Å². The summed E-state index contributed by atoms with van der Waals surface area (Å²) in [6, 6.07) is 12.4. The molecule has 0 unspecified atom stereocenters. The van der Waals surface area contributed by atoms with Gasteiger partial charge in [-0.15, -0.1) is 4.40 Å². The van der Waals surface area contributed by atoms with Crippen molar-refractivity contribution in [2.75, 3.05) is 18.9 Å². The van der Waals surface area contributed by atoms with Gasteiger partial charge in [-0.05, 0) is 36.4 Å². The molecule has 27 heavy (non-hydrogen) atoms. The van der Waals surface area contributed by atoms with Gasteiger partial charge in [-0.1, -0.05) is 23.9 Å². The summed E-state index contributed by atoms with van der Waals surface area (Å²) in [4.78, 5) is 14.2. The Morgan fingerprint density at radius 3 is 2.52 bits per heavy atom. The van der Waals surface area contributed by atoms with Gasteiger partial charge in [0.15, 0.2) is 5.84 Å². The third-order valence-electron chi connectivity index (χ3n) is 3.72. The molecule has 0 aromatic heterocycles. The van der Waals surface area contributed by atoms with Crippen molar-refractivity contribution in [3.63, 3.8) is 0 Å². The molecule has 3 rings (SSSR count). The quantitative estimate of drug-likeness (QED) is 0.766. The highest BCUT2D eigenvalue weighted by Crippen LogP contribution is 2.27. The molecule has 1 heterocycles. The van der Waals surface area contributed by atoms with Crippen molar-refractivity contribution >= 4 is 39.2 Å². The Hall–Kier alpha value is -2.46. The summed E-state index contributed by atoms with van der Waals surface area (Å²) in [7, 11) is -2.19. The number of halogens is 2. The van der Waals surface area contributed by atoms with Crippen LogP contribution in [0, 0.1) is 0 Å². The first-order valence-corrected chi connectivity index (χ1v) is 10.1. The van der Waals surface area contributed by atoms with E-state index in [0.29, 0.717) is 27.9 Å². The van der Waals surface area contributed by atoms with Gasteiger partial charge in [-0.3, -0.25) is 4.79 Å². The average Bonchev–Trinajstić information content (AvgIpc) is 2.88. The highest BCUT2D eigenvalue weighted by molar-refractivity contribution is 7.99. The van der Waals surface area contributed by atoms with Crippen LogP contribution in [0.4, 0.5) is 14.5 Å². The van der Waals surface area contributed by atoms with Crippen LogP contribution in [0.5, 0.6) is 0 Å². The van der Waals surface area contributed by atoms with Gasteiger partial charge in [0.1, 0.15) is 4.90 Å². The van der Waals surface area contributed by atoms with Gasteiger partial charge in [0.25, 0.3) is 15.8 Å². The fraction of sp³-hybridized carbons (Fsp3) is 0.176. The minimum absolute atomic E-state index is 0.111. The molecule has 0 bridgehead atoms. The molecule has 142 valence electrons. The normalized spacial score (nSPS) is 14.6. The number of amidine groups is 1. The number of carbonyl (C=O) groups excluding carboxylic acids is 1. The number of hydrogen-bond acceptors (Lipinski definition) is 5. The standard InChI is InChI=1S/C17H15F2N3O3S2/c1-22(16-13-4-2-3-5-14(13)27(24,25)21-16)10-15(23)20-11-6-8-12(9-7-11)26-17(18)19/h2-9,17H,10H2,1H3,(H,20,23). The van der Waals surface area contributed by atoms with Gasteiger partial charge >= 0.3 is 0 Å². The second-order valence-electron chi connectivity index (χ2n) is 5.69. The maximum absolute atomic E-state index is 12.3. The number of sulfonamides is 1. The molecule has 0 saturated carbocycles. The van der Waals surface area contributed by atoms with Crippen LogP contribution < -0.4 is 5.32 Å². The summed E-state index contributed by atoms with van der Waals surface area (Å²) in [5, 5.41) is 2.64. The number of anilines is 1. The van der Waals surface area contributed by atoms with Crippen LogP contribution >= 0.6 is 11.8 Å². The van der Waals surface area contributed by atoms with Crippen molar-refractivity contribution in [3.8, 4) is 0 Å². The zero-order valence-electron chi connectivity index (χ0n) is 14.1. The molecule has 1 amide bonds. The first-order chi connectivity index (χ1) is 12.8. The number of alkyl halides is 2. The topological polar surface area (TPSA) is 78.8 Å². The summed E-state index contributed by atoms with van der Waals surface area (Å²) in [5.74, 6) is -2.70. The maximum Gasteiger partial charge on any atom is 0.288 e. The van der Waals surface area contributed by atoms with Crippen molar-refractivity contribution in [1.29, 1.82) is 0 Å². The lowest BCUT2D eigenvalue weighted by Gasteiger charge is -2.18. The summed E-state index contributed by atoms with van der Waals surface area (Å²) in [6.07, 6.45) is 0. The van der Waals surface area contributed by atoms with Crippen LogP contribution in [0.1, 0.15) is 5.56 Å². The number of nitrogens with zero attached hydrogens (tertiary/aromatic N) is 2. The molecule has 2 aromatic rings. The molecule has 10 heteroatoms. The molecule has 1 aliphatic heterocycles. The fourth-order valence-corrected chi connectivity index (χ4v) is 4.32. The van der Waals surface area contributed by atoms with Crippen molar-refractivity contribution in [2.45, 2.75) is 15.5 Å². The molecule has 2 aromatic carbocycles. The number of rotatable bonds is 5. The highest BCUT2D eigenvalue weighted by atomic mass is 32.2. The fourth-order valence-electron chi connectivity index (χ4n) is 2.57. The van der Waals surface area contributed by atoms with Crippen LogP contribution in [0.15, 0.2) is 62.7 Å². The third kappa shape index (κ3) is 4.45. The average molecular weight is 411 g/mol. The molecule has 0 fully saturated rings. The predicted molar refractivity (Wildman–Crippen MR) is 99.7 cm³/mol. The lowest BCUT2D eigenvalue weighted by molar-refractivity contribution is -0.116. The van der Waals surface area contributed by atoms with E-state index in [1.165, 1.54) is 35.2 Å². The van der Waals surface area contributed by atoms with E-state index < -0.39 is 21.7 Å². The van der Waals surface area contributed by atoms with Crippen LogP contribution in [0.25, 0.3) is 0 Å². The van der Waals surface area contributed by atoms with E-state index in [-0.39, 0.29) is 17.3 Å². The largest absolute Gasteiger partial charge is 0.349 e. The highest BCUT2D eigenvalue weighted by Gasteiger charge is 2.30. The number of likely N-dealkylation sites (N-methyl/N-ethyl adjacent to an activating group) is 1. The van der Waals surface area contributed by atoms with Crippen molar-refractivity contribution < 1.29 is 22.0 Å². The van der Waals surface area contributed by atoms with Gasteiger partial charge in [-0.25, -0.2) is 0 Å². The molecule has 0 radical (unpaired) electrons. The molecule has 0 spiro atoms. The van der Waals surface area contributed by atoms with Crippen molar-refractivity contribution in [1.82, 2.24) is 4.90 Å². The smallest absolute Gasteiger partial charge is 0.288 e. The lowest BCUT2D eigenvalue weighted by Crippen LogP contribution is -2.34.